The lowest BCUT2D eigenvalue weighted by atomic mass is 9.93. The fourth-order valence-electron chi connectivity index (χ4n) is 4.43. The van der Waals surface area contributed by atoms with Crippen molar-refractivity contribution in [3.05, 3.63) is 35.9 Å². The highest BCUT2D eigenvalue weighted by Gasteiger charge is 2.34. The Balaban J connectivity index is 1.62. The summed E-state index contributed by atoms with van der Waals surface area (Å²) in [5.74, 6) is 0.308. The summed E-state index contributed by atoms with van der Waals surface area (Å²) >= 11 is 0. The number of hydrogen-bond acceptors (Lipinski definition) is 3. The smallest absolute Gasteiger partial charge is 0.249 e. The molecule has 164 valence electrons. The highest BCUT2D eigenvalue weighted by atomic mass is 16.2. The molecule has 0 radical (unpaired) electrons. The first-order valence-corrected chi connectivity index (χ1v) is 11.4. The van der Waals surface area contributed by atoms with Crippen LogP contribution in [-0.2, 0) is 14.4 Å². The van der Waals surface area contributed by atoms with Crippen LogP contribution in [0, 0.1) is 11.8 Å². The van der Waals surface area contributed by atoms with Crippen LogP contribution in [-0.4, -0.2) is 53.7 Å². The van der Waals surface area contributed by atoms with Crippen molar-refractivity contribution in [2.24, 2.45) is 11.8 Å². The molecule has 0 spiro atoms. The van der Waals surface area contributed by atoms with Crippen molar-refractivity contribution in [2.45, 2.75) is 58.4 Å². The van der Waals surface area contributed by atoms with Gasteiger partial charge < -0.3 is 15.1 Å². The van der Waals surface area contributed by atoms with Gasteiger partial charge >= 0.3 is 0 Å². The largest absolute Gasteiger partial charge is 0.342 e. The Hall–Kier alpha value is -2.37. The van der Waals surface area contributed by atoms with Gasteiger partial charge in [0.25, 0.3) is 0 Å². The number of amides is 3. The molecular formula is C24H35N3O3. The number of benzene rings is 1. The first-order chi connectivity index (χ1) is 14.5. The van der Waals surface area contributed by atoms with Crippen molar-refractivity contribution < 1.29 is 14.4 Å². The molecule has 2 aliphatic rings. The Morgan fingerprint density at radius 1 is 0.933 bits per heavy atom. The number of carbonyl (C=O) groups excluding carboxylic acids is 3. The molecule has 0 aliphatic carbocycles. The Morgan fingerprint density at radius 3 is 2.17 bits per heavy atom. The van der Waals surface area contributed by atoms with E-state index in [0.717, 1.165) is 31.5 Å². The lowest BCUT2D eigenvalue weighted by Crippen LogP contribution is -2.49. The van der Waals surface area contributed by atoms with Crippen LogP contribution in [0.15, 0.2) is 30.3 Å². The van der Waals surface area contributed by atoms with E-state index >= 15 is 0 Å². The van der Waals surface area contributed by atoms with E-state index in [1.807, 2.05) is 54.0 Å². The van der Waals surface area contributed by atoms with E-state index < -0.39 is 6.04 Å². The zero-order chi connectivity index (χ0) is 21.5. The Labute approximate surface area is 180 Å². The second kappa shape index (κ2) is 10.6. The van der Waals surface area contributed by atoms with Gasteiger partial charge in [-0.3, -0.25) is 14.4 Å². The molecule has 1 aromatic rings. The SMILES string of the molecule is CC(C)CC(=O)NC(C(=O)N1CCC(C(=O)N2CCCCC2)CC1)c1ccccc1. The number of nitrogens with zero attached hydrogens (tertiary/aromatic N) is 2. The van der Waals surface area contributed by atoms with E-state index in [0.29, 0.717) is 32.4 Å². The van der Waals surface area contributed by atoms with E-state index in [1.54, 1.807) is 0 Å². The van der Waals surface area contributed by atoms with E-state index in [9.17, 15) is 14.4 Å². The molecular weight excluding hydrogens is 378 g/mol. The molecule has 6 heteroatoms. The molecule has 1 N–H and O–H groups in total. The molecule has 2 fully saturated rings. The summed E-state index contributed by atoms with van der Waals surface area (Å²) in [4.78, 5) is 42.3. The third kappa shape index (κ3) is 5.83. The van der Waals surface area contributed by atoms with Crippen LogP contribution in [0.25, 0.3) is 0 Å². The molecule has 3 amide bonds. The number of likely N-dealkylation sites (tertiary alicyclic amines) is 2. The first kappa shape index (κ1) is 22.3. The summed E-state index contributed by atoms with van der Waals surface area (Å²) in [5, 5.41) is 2.94. The van der Waals surface area contributed by atoms with Crippen LogP contribution in [0.1, 0.15) is 64.0 Å². The second-order valence-electron chi connectivity index (χ2n) is 8.99. The van der Waals surface area contributed by atoms with Crippen molar-refractivity contribution in [1.82, 2.24) is 15.1 Å². The van der Waals surface area contributed by atoms with Crippen molar-refractivity contribution >= 4 is 17.7 Å². The first-order valence-electron chi connectivity index (χ1n) is 11.4. The minimum absolute atomic E-state index is 0.0119. The fourth-order valence-corrected chi connectivity index (χ4v) is 4.43. The van der Waals surface area contributed by atoms with E-state index in [1.165, 1.54) is 6.42 Å². The lowest BCUT2D eigenvalue weighted by Gasteiger charge is -2.37. The molecule has 2 saturated heterocycles. The van der Waals surface area contributed by atoms with Gasteiger partial charge in [0, 0.05) is 38.5 Å². The molecule has 2 aliphatic heterocycles. The third-order valence-electron chi connectivity index (χ3n) is 6.10. The fraction of sp³-hybridized carbons (Fsp3) is 0.625. The van der Waals surface area contributed by atoms with E-state index in [2.05, 4.69) is 5.32 Å². The monoisotopic (exact) mass is 413 g/mol. The van der Waals surface area contributed by atoms with Crippen LogP contribution in [0.4, 0.5) is 0 Å². The maximum atomic E-state index is 13.3. The predicted molar refractivity (Wildman–Crippen MR) is 117 cm³/mol. The van der Waals surface area contributed by atoms with E-state index in [-0.39, 0.29) is 29.6 Å². The van der Waals surface area contributed by atoms with Crippen molar-refractivity contribution in [3.63, 3.8) is 0 Å². The van der Waals surface area contributed by atoms with Crippen LogP contribution < -0.4 is 5.32 Å². The molecule has 0 aromatic heterocycles. The second-order valence-corrected chi connectivity index (χ2v) is 8.99. The minimum atomic E-state index is -0.674. The summed E-state index contributed by atoms with van der Waals surface area (Å²) < 4.78 is 0. The highest BCUT2D eigenvalue weighted by molar-refractivity contribution is 5.89. The van der Waals surface area contributed by atoms with Crippen LogP contribution in [0.3, 0.4) is 0 Å². The third-order valence-corrected chi connectivity index (χ3v) is 6.10. The van der Waals surface area contributed by atoms with Gasteiger partial charge in [-0.1, -0.05) is 44.2 Å². The van der Waals surface area contributed by atoms with Gasteiger partial charge in [-0.15, -0.1) is 0 Å². The number of piperidine rings is 2. The number of rotatable bonds is 6. The van der Waals surface area contributed by atoms with Crippen molar-refractivity contribution in [3.8, 4) is 0 Å². The minimum Gasteiger partial charge on any atom is -0.342 e. The molecule has 1 atom stereocenters. The lowest BCUT2D eigenvalue weighted by molar-refractivity contribution is -0.143. The van der Waals surface area contributed by atoms with Gasteiger partial charge in [-0.25, -0.2) is 0 Å². The summed E-state index contributed by atoms with van der Waals surface area (Å²) in [6.45, 7) is 6.84. The molecule has 1 aromatic carbocycles. The number of carbonyl (C=O) groups is 3. The summed E-state index contributed by atoms with van der Waals surface area (Å²) in [6, 6.07) is 8.75. The van der Waals surface area contributed by atoms with Crippen LogP contribution in [0.5, 0.6) is 0 Å². The van der Waals surface area contributed by atoms with Gasteiger partial charge in [-0.05, 0) is 43.6 Å². The van der Waals surface area contributed by atoms with Crippen molar-refractivity contribution in [1.29, 1.82) is 0 Å². The topological polar surface area (TPSA) is 69.7 Å². The van der Waals surface area contributed by atoms with Gasteiger partial charge in [0.15, 0.2) is 0 Å². The quantitative estimate of drug-likeness (QED) is 0.779. The number of nitrogens with one attached hydrogen (secondary N) is 1. The summed E-state index contributed by atoms with van der Waals surface area (Å²) in [7, 11) is 0. The zero-order valence-corrected chi connectivity index (χ0v) is 18.3. The average Bonchev–Trinajstić information content (AvgIpc) is 2.77. The average molecular weight is 414 g/mol. The van der Waals surface area contributed by atoms with Gasteiger partial charge in [0.05, 0.1) is 0 Å². The molecule has 1 unspecified atom stereocenters. The Morgan fingerprint density at radius 2 is 1.57 bits per heavy atom. The van der Waals surface area contributed by atoms with Gasteiger partial charge in [-0.2, -0.15) is 0 Å². The normalized spacial score (nSPS) is 18.9. The molecule has 0 bridgehead atoms. The maximum absolute atomic E-state index is 13.3. The summed E-state index contributed by atoms with van der Waals surface area (Å²) in [6.07, 6.45) is 5.18. The predicted octanol–water partition coefficient (Wildman–Crippen LogP) is 3.14. The molecule has 2 heterocycles. The Kier molecular flexibility index (Phi) is 7.88. The van der Waals surface area contributed by atoms with Crippen LogP contribution in [0.2, 0.25) is 0 Å². The van der Waals surface area contributed by atoms with Crippen LogP contribution >= 0.6 is 0 Å². The van der Waals surface area contributed by atoms with Crippen molar-refractivity contribution in [2.75, 3.05) is 26.2 Å². The molecule has 3 rings (SSSR count). The standard InChI is InChI=1S/C24H35N3O3/c1-18(2)17-21(28)25-22(19-9-5-3-6-10-19)24(30)27-15-11-20(12-16-27)23(29)26-13-7-4-8-14-26/h3,5-6,9-10,18,20,22H,4,7-8,11-17H2,1-2H3,(H,25,28). The Bertz CT molecular complexity index is 720. The highest BCUT2D eigenvalue weighted by Crippen LogP contribution is 2.25. The van der Waals surface area contributed by atoms with Gasteiger partial charge in [0.1, 0.15) is 6.04 Å². The zero-order valence-electron chi connectivity index (χ0n) is 18.3. The van der Waals surface area contributed by atoms with Gasteiger partial charge in [0.2, 0.25) is 17.7 Å². The molecule has 6 nitrogen and oxygen atoms in total. The summed E-state index contributed by atoms with van der Waals surface area (Å²) in [5.41, 5.74) is 0.797. The number of hydrogen-bond donors (Lipinski definition) is 1. The van der Waals surface area contributed by atoms with E-state index in [4.69, 9.17) is 0 Å². The molecule has 0 saturated carbocycles. The molecule has 30 heavy (non-hydrogen) atoms. The maximum Gasteiger partial charge on any atom is 0.249 e.